The van der Waals surface area contributed by atoms with Gasteiger partial charge in [0.15, 0.2) is 0 Å². The van der Waals surface area contributed by atoms with E-state index >= 15 is 0 Å². The molecule has 1 aliphatic heterocycles. The first kappa shape index (κ1) is 16.1. The predicted octanol–water partition coefficient (Wildman–Crippen LogP) is 2.39. The van der Waals surface area contributed by atoms with Crippen LogP contribution in [0.2, 0.25) is 0 Å². The second-order valence-electron chi connectivity index (χ2n) is 5.60. The molecule has 0 aliphatic carbocycles. The van der Waals surface area contributed by atoms with E-state index in [1.54, 1.807) is 6.07 Å². The molecule has 1 N–H and O–H groups in total. The molecule has 1 aliphatic rings. The fraction of sp³-hybridized carbons (Fsp3) is 0.294. The Balaban J connectivity index is 1.59. The Morgan fingerprint density at radius 1 is 1.09 bits per heavy atom. The maximum atomic E-state index is 13.6. The Morgan fingerprint density at radius 2 is 1.78 bits per heavy atom. The van der Waals surface area contributed by atoms with Crippen LogP contribution in [-0.2, 0) is 33.5 Å². The Kier molecular flexibility index (Phi) is 4.75. The lowest BCUT2D eigenvalue weighted by atomic mass is 9.99. The molecule has 1 atom stereocenters. The third-order valence-corrected chi connectivity index (χ3v) is 5.17. The van der Waals surface area contributed by atoms with E-state index < -0.39 is 15.8 Å². The van der Waals surface area contributed by atoms with Gasteiger partial charge < -0.3 is 4.74 Å². The smallest absolute Gasteiger partial charge is 0.215 e. The second kappa shape index (κ2) is 6.78. The van der Waals surface area contributed by atoms with Gasteiger partial charge in [-0.25, -0.2) is 17.5 Å². The van der Waals surface area contributed by atoms with Crippen molar-refractivity contribution >= 4 is 10.0 Å². The van der Waals surface area contributed by atoms with E-state index in [4.69, 9.17) is 4.74 Å². The van der Waals surface area contributed by atoms with Crippen LogP contribution in [0, 0.1) is 5.82 Å². The fourth-order valence-corrected chi connectivity index (χ4v) is 3.82. The summed E-state index contributed by atoms with van der Waals surface area (Å²) in [6, 6.07) is 13.8. The first-order valence-electron chi connectivity index (χ1n) is 7.42. The summed E-state index contributed by atoms with van der Waals surface area (Å²) < 4.78 is 46.0. The van der Waals surface area contributed by atoms with Crippen LogP contribution in [0.1, 0.15) is 16.7 Å². The molecule has 0 aromatic heterocycles. The molecule has 6 heteroatoms. The Labute approximate surface area is 135 Å². The number of sulfonamides is 1. The largest absolute Gasteiger partial charge is 0.372 e. The normalized spacial score (nSPS) is 17.7. The highest BCUT2D eigenvalue weighted by molar-refractivity contribution is 7.88. The third-order valence-electron chi connectivity index (χ3n) is 3.87. The van der Waals surface area contributed by atoms with Gasteiger partial charge >= 0.3 is 0 Å². The number of hydrogen-bond donors (Lipinski definition) is 1. The lowest BCUT2D eigenvalue weighted by molar-refractivity contribution is 0.0322. The van der Waals surface area contributed by atoms with Gasteiger partial charge in [0.1, 0.15) is 5.82 Å². The zero-order valence-electron chi connectivity index (χ0n) is 12.5. The van der Waals surface area contributed by atoms with Crippen LogP contribution in [0.3, 0.4) is 0 Å². The number of nitrogens with one attached hydrogen (secondary N) is 1. The Morgan fingerprint density at radius 3 is 2.57 bits per heavy atom. The quantitative estimate of drug-likeness (QED) is 0.913. The van der Waals surface area contributed by atoms with Crippen molar-refractivity contribution in [3.63, 3.8) is 0 Å². The van der Waals surface area contributed by atoms with Crippen molar-refractivity contribution in [1.82, 2.24) is 4.72 Å². The highest BCUT2D eigenvalue weighted by Crippen LogP contribution is 2.20. The summed E-state index contributed by atoms with van der Waals surface area (Å²) in [5.74, 6) is -0.885. The minimum absolute atomic E-state index is 0.162. The second-order valence-corrected chi connectivity index (χ2v) is 7.41. The number of halogens is 1. The minimum Gasteiger partial charge on any atom is -0.372 e. The van der Waals surface area contributed by atoms with Crippen molar-refractivity contribution in [2.45, 2.75) is 24.9 Å². The van der Waals surface area contributed by atoms with Gasteiger partial charge in [0.05, 0.1) is 18.5 Å². The monoisotopic (exact) mass is 335 g/mol. The minimum atomic E-state index is -3.60. The first-order chi connectivity index (χ1) is 11.0. The summed E-state index contributed by atoms with van der Waals surface area (Å²) in [5, 5.41) is 0. The van der Waals surface area contributed by atoms with Crippen molar-refractivity contribution in [1.29, 1.82) is 0 Å². The van der Waals surface area contributed by atoms with E-state index in [0.29, 0.717) is 13.0 Å². The summed E-state index contributed by atoms with van der Waals surface area (Å²) >= 11 is 0. The summed E-state index contributed by atoms with van der Waals surface area (Å²) in [6.45, 7) is 0.668. The topological polar surface area (TPSA) is 55.4 Å². The van der Waals surface area contributed by atoms with E-state index in [9.17, 15) is 12.8 Å². The number of rotatable bonds is 5. The van der Waals surface area contributed by atoms with E-state index in [-0.39, 0.29) is 24.0 Å². The van der Waals surface area contributed by atoms with Gasteiger partial charge in [-0.2, -0.15) is 0 Å². The van der Waals surface area contributed by atoms with Crippen LogP contribution >= 0.6 is 0 Å². The molecular formula is C17H18FNO3S. The van der Waals surface area contributed by atoms with E-state index in [2.05, 4.69) is 4.72 Å². The van der Waals surface area contributed by atoms with Crippen LogP contribution in [0.25, 0.3) is 0 Å². The van der Waals surface area contributed by atoms with Crippen LogP contribution < -0.4 is 4.72 Å². The molecule has 2 aromatic carbocycles. The third kappa shape index (κ3) is 4.16. The van der Waals surface area contributed by atoms with Crippen LogP contribution in [0.4, 0.5) is 4.39 Å². The molecule has 122 valence electrons. The molecule has 0 bridgehead atoms. The molecule has 0 amide bonds. The van der Waals surface area contributed by atoms with Crippen molar-refractivity contribution in [2.24, 2.45) is 0 Å². The van der Waals surface area contributed by atoms with Gasteiger partial charge in [0.2, 0.25) is 10.0 Å². The SMILES string of the molecule is O=S(=O)(Cc1ccccc1F)NCC1Cc2ccccc2CO1. The molecule has 0 spiro atoms. The van der Waals surface area contributed by atoms with Crippen molar-refractivity contribution in [3.05, 3.63) is 71.0 Å². The summed E-state index contributed by atoms with van der Waals surface area (Å²) in [6.07, 6.45) is 0.457. The van der Waals surface area contributed by atoms with Gasteiger partial charge in [-0.3, -0.25) is 0 Å². The molecule has 1 unspecified atom stereocenters. The fourth-order valence-electron chi connectivity index (χ4n) is 2.63. The number of ether oxygens (including phenoxy) is 1. The molecular weight excluding hydrogens is 317 g/mol. The Bertz CT molecular complexity index is 792. The van der Waals surface area contributed by atoms with Gasteiger partial charge in [0.25, 0.3) is 0 Å². The van der Waals surface area contributed by atoms with Crippen molar-refractivity contribution in [2.75, 3.05) is 6.54 Å². The Hall–Kier alpha value is -1.76. The van der Waals surface area contributed by atoms with E-state index in [1.165, 1.54) is 23.8 Å². The van der Waals surface area contributed by atoms with Crippen LogP contribution in [0.5, 0.6) is 0 Å². The van der Waals surface area contributed by atoms with E-state index in [0.717, 1.165) is 5.56 Å². The predicted molar refractivity (Wildman–Crippen MR) is 85.7 cm³/mol. The molecule has 0 saturated heterocycles. The molecule has 0 radical (unpaired) electrons. The van der Waals surface area contributed by atoms with Crippen molar-refractivity contribution in [3.8, 4) is 0 Å². The molecule has 2 aromatic rings. The first-order valence-corrected chi connectivity index (χ1v) is 9.08. The molecule has 0 saturated carbocycles. The summed E-state index contributed by atoms with van der Waals surface area (Å²) in [4.78, 5) is 0. The maximum Gasteiger partial charge on any atom is 0.215 e. The van der Waals surface area contributed by atoms with E-state index in [1.807, 2.05) is 24.3 Å². The van der Waals surface area contributed by atoms with Gasteiger partial charge in [-0.15, -0.1) is 0 Å². The zero-order valence-corrected chi connectivity index (χ0v) is 13.4. The van der Waals surface area contributed by atoms with Gasteiger partial charge in [-0.05, 0) is 17.2 Å². The number of hydrogen-bond acceptors (Lipinski definition) is 3. The summed E-state index contributed by atoms with van der Waals surface area (Å²) in [7, 11) is -3.60. The lowest BCUT2D eigenvalue weighted by Gasteiger charge is -2.25. The van der Waals surface area contributed by atoms with Gasteiger partial charge in [0, 0.05) is 18.5 Å². The molecule has 0 fully saturated rings. The standard InChI is InChI=1S/C17H18FNO3S/c18-17-8-4-3-7-15(17)12-23(20,21)19-10-16-9-13-5-1-2-6-14(13)11-22-16/h1-8,16,19H,9-12H2. The molecule has 1 heterocycles. The van der Waals surface area contributed by atoms with Crippen LogP contribution in [-0.4, -0.2) is 21.1 Å². The average Bonchev–Trinajstić information content (AvgIpc) is 2.55. The number of fused-ring (bicyclic) bond motifs is 1. The summed E-state index contributed by atoms with van der Waals surface area (Å²) in [5.41, 5.74) is 2.48. The molecule has 4 nitrogen and oxygen atoms in total. The molecule has 3 rings (SSSR count). The van der Waals surface area contributed by atoms with Gasteiger partial charge in [-0.1, -0.05) is 42.5 Å². The highest BCUT2D eigenvalue weighted by Gasteiger charge is 2.21. The molecule has 23 heavy (non-hydrogen) atoms. The van der Waals surface area contributed by atoms with Crippen LogP contribution in [0.15, 0.2) is 48.5 Å². The average molecular weight is 335 g/mol. The number of benzene rings is 2. The highest BCUT2D eigenvalue weighted by atomic mass is 32.2. The maximum absolute atomic E-state index is 13.6. The van der Waals surface area contributed by atoms with Crippen molar-refractivity contribution < 1.29 is 17.5 Å². The zero-order chi connectivity index (χ0) is 16.3. The lowest BCUT2D eigenvalue weighted by Crippen LogP contribution is -2.37.